The average Bonchev–Trinajstić information content (AvgIpc) is 2.94. The topological polar surface area (TPSA) is 67.0 Å². The van der Waals surface area contributed by atoms with Crippen LogP contribution in [0.4, 0.5) is 0 Å². The lowest BCUT2D eigenvalue weighted by atomic mass is 10.2. The van der Waals surface area contributed by atoms with Crippen molar-refractivity contribution in [3.63, 3.8) is 0 Å². The predicted molar refractivity (Wildman–Crippen MR) is 71.7 cm³/mol. The van der Waals surface area contributed by atoms with Crippen LogP contribution in [0.1, 0.15) is 16.9 Å². The van der Waals surface area contributed by atoms with Crippen molar-refractivity contribution in [3.8, 4) is 11.4 Å². The first-order valence-corrected chi connectivity index (χ1v) is 6.10. The summed E-state index contributed by atoms with van der Waals surface area (Å²) in [5.41, 5.74) is 1.32. The van der Waals surface area contributed by atoms with E-state index in [2.05, 4.69) is 21.4 Å². The number of nitrogens with one attached hydrogen (secondary N) is 2. The van der Waals surface area contributed by atoms with Gasteiger partial charge in [0.1, 0.15) is 11.5 Å². The number of H-pyrrole nitrogens is 1. The molecular formula is C14H16N3O2. The van der Waals surface area contributed by atoms with Crippen LogP contribution in [0.25, 0.3) is 11.4 Å². The fraction of sp³-hybridized carbons (Fsp3) is 0.286. The molecule has 0 bridgehead atoms. The van der Waals surface area contributed by atoms with Crippen molar-refractivity contribution in [1.29, 1.82) is 0 Å². The second-order valence-corrected chi connectivity index (χ2v) is 4.03. The summed E-state index contributed by atoms with van der Waals surface area (Å²) in [4.78, 5) is 19.1. The molecule has 0 saturated carbocycles. The third-order valence-corrected chi connectivity index (χ3v) is 2.61. The Bertz CT molecular complexity index is 522. The van der Waals surface area contributed by atoms with Crippen LogP contribution < -0.4 is 5.32 Å². The van der Waals surface area contributed by atoms with Gasteiger partial charge in [0, 0.05) is 32.0 Å². The van der Waals surface area contributed by atoms with Gasteiger partial charge < -0.3 is 15.0 Å². The predicted octanol–water partition coefficient (Wildman–Crippen LogP) is 1.64. The molecule has 0 aliphatic carbocycles. The van der Waals surface area contributed by atoms with Crippen molar-refractivity contribution in [2.24, 2.45) is 0 Å². The van der Waals surface area contributed by atoms with Crippen LogP contribution in [0.15, 0.2) is 30.5 Å². The fourth-order valence-electron chi connectivity index (χ4n) is 1.64. The van der Waals surface area contributed by atoms with E-state index >= 15 is 0 Å². The Balaban J connectivity index is 1.95. The summed E-state index contributed by atoms with van der Waals surface area (Å²) < 4.78 is 4.92. The van der Waals surface area contributed by atoms with E-state index in [4.69, 9.17) is 4.74 Å². The number of aromatic nitrogens is 2. The summed E-state index contributed by atoms with van der Waals surface area (Å²) in [6.07, 6.45) is 2.39. The fourth-order valence-corrected chi connectivity index (χ4v) is 1.64. The number of amides is 1. The van der Waals surface area contributed by atoms with Crippen LogP contribution in [0, 0.1) is 6.07 Å². The third kappa shape index (κ3) is 3.66. The maximum absolute atomic E-state index is 11.8. The van der Waals surface area contributed by atoms with Crippen molar-refractivity contribution in [1.82, 2.24) is 15.3 Å². The molecule has 1 aromatic carbocycles. The molecule has 5 heteroatoms. The van der Waals surface area contributed by atoms with E-state index in [-0.39, 0.29) is 5.91 Å². The van der Waals surface area contributed by atoms with E-state index in [1.165, 1.54) is 0 Å². The van der Waals surface area contributed by atoms with Crippen LogP contribution in [-0.4, -0.2) is 36.1 Å². The summed E-state index contributed by atoms with van der Waals surface area (Å²) in [6, 6.07) is 10.3. The molecule has 99 valence electrons. The van der Waals surface area contributed by atoms with Gasteiger partial charge in [-0.2, -0.15) is 0 Å². The lowest BCUT2D eigenvalue weighted by Gasteiger charge is -2.01. The molecule has 2 N–H and O–H groups in total. The van der Waals surface area contributed by atoms with Crippen LogP contribution in [0.2, 0.25) is 0 Å². The van der Waals surface area contributed by atoms with Crippen molar-refractivity contribution >= 4 is 5.91 Å². The monoisotopic (exact) mass is 258 g/mol. The first-order chi connectivity index (χ1) is 9.31. The molecule has 1 aromatic heterocycles. The molecule has 0 aliphatic rings. The van der Waals surface area contributed by atoms with Crippen LogP contribution in [0.5, 0.6) is 0 Å². The largest absolute Gasteiger partial charge is 0.385 e. The Morgan fingerprint density at radius 2 is 2.26 bits per heavy atom. The zero-order chi connectivity index (χ0) is 13.5. The van der Waals surface area contributed by atoms with E-state index in [0.717, 1.165) is 12.0 Å². The molecule has 2 rings (SSSR count). The number of nitrogens with zero attached hydrogens (tertiary/aromatic N) is 1. The molecule has 0 aliphatic heterocycles. The van der Waals surface area contributed by atoms with Gasteiger partial charge in [0.25, 0.3) is 5.91 Å². The number of carbonyl (C=O) groups excluding carboxylic acids is 1. The molecule has 5 nitrogen and oxygen atoms in total. The SMILES string of the molecule is COCCCNC(=O)c1c[nH]c(-c2cc[c]cc2)n1. The summed E-state index contributed by atoms with van der Waals surface area (Å²) in [6.45, 7) is 1.21. The number of rotatable bonds is 6. The summed E-state index contributed by atoms with van der Waals surface area (Å²) in [5.74, 6) is 0.497. The van der Waals surface area contributed by atoms with Crippen molar-refractivity contribution in [2.75, 3.05) is 20.3 Å². The first-order valence-electron chi connectivity index (χ1n) is 6.10. The Kier molecular flexibility index (Phi) is 4.69. The third-order valence-electron chi connectivity index (χ3n) is 2.61. The average molecular weight is 258 g/mol. The normalized spacial score (nSPS) is 10.4. The number of carbonyl (C=O) groups is 1. The molecule has 0 atom stereocenters. The zero-order valence-corrected chi connectivity index (χ0v) is 10.8. The minimum Gasteiger partial charge on any atom is -0.385 e. The molecule has 0 unspecified atom stereocenters. The van der Waals surface area contributed by atoms with Crippen molar-refractivity contribution < 1.29 is 9.53 Å². The van der Waals surface area contributed by atoms with E-state index in [1.807, 2.05) is 24.3 Å². The smallest absolute Gasteiger partial charge is 0.271 e. The number of methoxy groups -OCH3 is 1. The highest BCUT2D eigenvalue weighted by atomic mass is 16.5. The number of aromatic amines is 1. The van der Waals surface area contributed by atoms with Gasteiger partial charge in [0.05, 0.1) is 0 Å². The van der Waals surface area contributed by atoms with Crippen molar-refractivity contribution in [3.05, 3.63) is 42.2 Å². The molecule has 19 heavy (non-hydrogen) atoms. The van der Waals surface area contributed by atoms with E-state index < -0.39 is 0 Å². The maximum Gasteiger partial charge on any atom is 0.271 e. The minimum absolute atomic E-state index is 0.180. The van der Waals surface area contributed by atoms with Gasteiger partial charge in [0.15, 0.2) is 0 Å². The number of ether oxygens (including phenoxy) is 1. The Morgan fingerprint density at radius 3 is 3.00 bits per heavy atom. The van der Waals surface area contributed by atoms with Gasteiger partial charge in [0.2, 0.25) is 0 Å². The van der Waals surface area contributed by atoms with Gasteiger partial charge in [-0.1, -0.05) is 24.3 Å². The standard InChI is InChI=1S/C14H16N3O2/c1-19-9-5-8-15-14(18)12-10-16-13(17-12)11-6-3-2-4-7-11/h3-4,6-7,10H,5,8-9H2,1H3,(H,15,18)(H,16,17). The second-order valence-electron chi connectivity index (χ2n) is 4.03. The highest BCUT2D eigenvalue weighted by Crippen LogP contribution is 2.14. The van der Waals surface area contributed by atoms with Gasteiger partial charge in [-0.15, -0.1) is 0 Å². The molecular weight excluding hydrogens is 242 g/mol. The number of imidazole rings is 1. The van der Waals surface area contributed by atoms with Gasteiger partial charge in [-0.25, -0.2) is 4.98 Å². The Morgan fingerprint density at radius 1 is 1.47 bits per heavy atom. The number of hydrogen-bond donors (Lipinski definition) is 2. The maximum atomic E-state index is 11.8. The lowest BCUT2D eigenvalue weighted by Crippen LogP contribution is -2.25. The number of benzene rings is 1. The van der Waals surface area contributed by atoms with Crippen molar-refractivity contribution in [2.45, 2.75) is 6.42 Å². The Labute approximate surface area is 112 Å². The molecule has 1 radical (unpaired) electrons. The second kappa shape index (κ2) is 6.70. The Hall–Kier alpha value is -2.14. The van der Waals surface area contributed by atoms with Gasteiger partial charge >= 0.3 is 0 Å². The molecule has 0 saturated heterocycles. The summed E-state index contributed by atoms with van der Waals surface area (Å²) in [5, 5.41) is 2.79. The summed E-state index contributed by atoms with van der Waals surface area (Å²) >= 11 is 0. The molecule has 2 aromatic rings. The molecule has 0 fully saturated rings. The van der Waals surface area contributed by atoms with E-state index in [1.54, 1.807) is 13.3 Å². The lowest BCUT2D eigenvalue weighted by molar-refractivity contribution is 0.0944. The van der Waals surface area contributed by atoms with Crippen LogP contribution >= 0.6 is 0 Å². The zero-order valence-electron chi connectivity index (χ0n) is 10.8. The highest BCUT2D eigenvalue weighted by molar-refractivity contribution is 5.92. The quantitative estimate of drug-likeness (QED) is 0.774. The number of hydrogen-bond acceptors (Lipinski definition) is 3. The van der Waals surface area contributed by atoms with E-state index in [0.29, 0.717) is 24.7 Å². The molecule has 0 spiro atoms. The first kappa shape index (κ1) is 13.3. The van der Waals surface area contributed by atoms with E-state index in [9.17, 15) is 4.79 Å². The summed E-state index contributed by atoms with van der Waals surface area (Å²) in [7, 11) is 1.64. The molecule has 1 amide bonds. The van der Waals surface area contributed by atoms with Gasteiger partial charge in [-0.3, -0.25) is 4.79 Å². The minimum atomic E-state index is -0.180. The van der Waals surface area contributed by atoms with Crippen LogP contribution in [0.3, 0.4) is 0 Å². The highest BCUT2D eigenvalue weighted by Gasteiger charge is 2.10. The van der Waals surface area contributed by atoms with Gasteiger partial charge in [-0.05, 0) is 12.5 Å². The molecule has 1 heterocycles. The van der Waals surface area contributed by atoms with Crippen LogP contribution in [-0.2, 0) is 4.74 Å².